The Kier molecular flexibility index (Phi) is 1.99. The van der Waals surface area contributed by atoms with Gasteiger partial charge in [0.15, 0.2) is 11.6 Å². The van der Waals surface area contributed by atoms with Gasteiger partial charge in [-0.15, -0.1) is 0 Å². The molecular weight excluding hydrogens is 176 g/mol. The molecule has 0 saturated carbocycles. The van der Waals surface area contributed by atoms with E-state index in [1.54, 1.807) is 19.1 Å². The first-order chi connectivity index (χ1) is 6.61. The molecule has 0 aromatic rings. The van der Waals surface area contributed by atoms with Crippen molar-refractivity contribution in [2.24, 2.45) is 5.41 Å². The predicted molar refractivity (Wildman–Crippen MR) is 53.7 cm³/mol. The minimum Gasteiger partial charge on any atom is -0.295 e. The van der Waals surface area contributed by atoms with Gasteiger partial charge >= 0.3 is 0 Å². The van der Waals surface area contributed by atoms with Crippen molar-refractivity contribution in [3.8, 4) is 0 Å². The van der Waals surface area contributed by atoms with E-state index < -0.39 is 0 Å². The number of Topliss-reactive ketones (excluding diaryl/α,β-unsaturated/α-hetero) is 1. The second kappa shape index (κ2) is 3.05. The fraction of sp³-hybridized carbons (Fsp3) is 0.333. The number of hydrogen-bond acceptors (Lipinski definition) is 2. The van der Waals surface area contributed by atoms with Crippen molar-refractivity contribution >= 4 is 11.6 Å². The summed E-state index contributed by atoms with van der Waals surface area (Å²) in [6, 6.07) is 0. The summed E-state index contributed by atoms with van der Waals surface area (Å²) in [5.74, 6) is 0.167. The molecule has 1 spiro atoms. The zero-order valence-electron chi connectivity index (χ0n) is 8.12. The van der Waals surface area contributed by atoms with Gasteiger partial charge in [-0.1, -0.05) is 18.2 Å². The Hall–Kier alpha value is -1.44. The van der Waals surface area contributed by atoms with Crippen molar-refractivity contribution in [3.05, 3.63) is 36.0 Å². The third-order valence-electron chi connectivity index (χ3n) is 2.84. The molecule has 0 bridgehead atoms. The lowest BCUT2D eigenvalue weighted by Gasteiger charge is -2.19. The lowest BCUT2D eigenvalue weighted by Crippen LogP contribution is -2.12. The Labute approximate surface area is 83.0 Å². The molecule has 2 aliphatic carbocycles. The number of hydrogen-bond donors (Lipinski definition) is 0. The van der Waals surface area contributed by atoms with Crippen LogP contribution in [0.2, 0.25) is 0 Å². The average Bonchev–Trinajstić information content (AvgIpc) is 2.56. The van der Waals surface area contributed by atoms with Gasteiger partial charge in [0.25, 0.3) is 0 Å². The van der Waals surface area contributed by atoms with Gasteiger partial charge in [-0.05, 0) is 37.5 Å². The summed E-state index contributed by atoms with van der Waals surface area (Å²) in [6.07, 6.45) is 10.7. The fourth-order valence-electron chi connectivity index (χ4n) is 1.95. The van der Waals surface area contributed by atoms with Gasteiger partial charge in [0.2, 0.25) is 0 Å². The van der Waals surface area contributed by atoms with Crippen LogP contribution < -0.4 is 0 Å². The third-order valence-corrected chi connectivity index (χ3v) is 2.84. The van der Waals surface area contributed by atoms with Crippen molar-refractivity contribution in [1.82, 2.24) is 0 Å². The average molecular weight is 188 g/mol. The highest BCUT2D eigenvalue weighted by molar-refractivity contribution is 6.01. The van der Waals surface area contributed by atoms with E-state index in [2.05, 4.69) is 0 Å². The lowest BCUT2D eigenvalue weighted by atomic mass is 9.84. The molecule has 2 nitrogen and oxygen atoms in total. The molecule has 2 rings (SSSR count). The van der Waals surface area contributed by atoms with Gasteiger partial charge in [-0.25, -0.2) is 0 Å². The van der Waals surface area contributed by atoms with Crippen molar-refractivity contribution < 1.29 is 9.59 Å². The van der Waals surface area contributed by atoms with Crippen molar-refractivity contribution in [2.75, 3.05) is 0 Å². The van der Waals surface area contributed by atoms with Gasteiger partial charge in [-0.3, -0.25) is 9.59 Å². The Morgan fingerprint density at radius 1 is 1.36 bits per heavy atom. The first-order valence-electron chi connectivity index (χ1n) is 4.76. The summed E-state index contributed by atoms with van der Waals surface area (Å²) in [4.78, 5) is 22.1. The van der Waals surface area contributed by atoms with Crippen LogP contribution >= 0.6 is 0 Å². The molecule has 2 aliphatic rings. The zero-order valence-corrected chi connectivity index (χ0v) is 8.12. The van der Waals surface area contributed by atoms with Gasteiger partial charge in [0.1, 0.15) is 0 Å². The minimum absolute atomic E-state index is 0.0281. The highest BCUT2D eigenvalue weighted by Crippen LogP contribution is 2.40. The largest absolute Gasteiger partial charge is 0.295 e. The smallest absolute Gasteiger partial charge is 0.178 e. The molecule has 0 aromatic heterocycles. The monoisotopic (exact) mass is 188 g/mol. The van der Waals surface area contributed by atoms with E-state index in [1.165, 1.54) is 0 Å². The van der Waals surface area contributed by atoms with Crippen LogP contribution in [0.5, 0.6) is 0 Å². The molecule has 0 atom stereocenters. The van der Waals surface area contributed by atoms with Gasteiger partial charge in [-0.2, -0.15) is 0 Å². The molecule has 0 aliphatic heterocycles. The molecule has 0 radical (unpaired) electrons. The quantitative estimate of drug-likeness (QED) is 0.630. The van der Waals surface area contributed by atoms with Crippen molar-refractivity contribution in [2.45, 2.75) is 19.8 Å². The first kappa shape index (κ1) is 9.13. The van der Waals surface area contributed by atoms with E-state index in [1.807, 2.05) is 18.2 Å². The Bertz CT molecular complexity index is 367. The van der Waals surface area contributed by atoms with Crippen LogP contribution in [-0.4, -0.2) is 11.6 Å². The molecule has 0 aromatic carbocycles. The highest BCUT2D eigenvalue weighted by Gasteiger charge is 2.30. The third kappa shape index (κ3) is 1.48. The lowest BCUT2D eigenvalue weighted by molar-refractivity contribution is -0.113. The van der Waals surface area contributed by atoms with Gasteiger partial charge < -0.3 is 0 Å². The minimum atomic E-state index is -0.158. The molecule has 2 heteroatoms. The van der Waals surface area contributed by atoms with E-state index >= 15 is 0 Å². The Morgan fingerprint density at radius 2 is 2.00 bits per heavy atom. The zero-order chi connectivity index (χ0) is 10.2. The SMILES string of the molecule is CC(=O)C1=CC2(C=CC(=O)C=C2)CC1. The van der Waals surface area contributed by atoms with Crippen LogP contribution in [0.4, 0.5) is 0 Å². The summed E-state index contributed by atoms with van der Waals surface area (Å²) in [5.41, 5.74) is 0.725. The van der Waals surface area contributed by atoms with Crippen LogP contribution in [-0.2, 0) is 9.59 Å². The number of rotatable bonds is 1. The molecular formula is C12H12O2. The molecule has 0 N–H and O–H groups in total. The summed E-state index contributed by atoms with van der Waals surface area (Å²) < 4.78 is 0. The summed E-state index contributed by atoms with van der Waals surface area (Å²) in [5, 5.41) is 0. The normalized spacial score (nSPS) is 22.9. The summed E-state index contributed by atoms with van der Waals surface area (Å²) in [7, 11) is 0. The van der Waals surface area contributed by atoms with E-state index in [-0.39, 0.29) is 17.0 Å². The standard InChI is InChI=1S/C12H12O2/c1-9(13)10-2-5-12(8-10)6-3-11(14)4-7-12/h3-4,6-8H,2,5H2,1H3. The van der Waals surface area contributed by atoms with Crippen LogP contribution in [0, 0.1) is 5.41 Å². The van der Waals surface area contributed by atoms with Crippen LogP contribution in [0.3, 0.4) is 0 Å². The molecule has 0 amide bonds. The maximum Gasteiger partial charge on any atom is 0.178 e. The first-order valence-corrected chi connectivity index (χ1v) is 4.76. The van der Waals surface area contributed by atoms with Crippen LogP contribution in [0.15, 0.2) is 36.0 Å². The van der Waals surface area contributed by atoms with E-state index in [4.69, 9.17) is 0 Å². The number of allylic oxidation sites excluding steroid dienone is 6. The Balaban J connectivity index is 2.29. The maximum absolute atomic E-state index is 11.2. The molecule has 14 heavy (non-hydrogen) atoms. The van der Waals surface area contributed by atoms with Gasteiger partial charge in [0.05, 0.1) is 0 Å². The number of carbonyl (C=O) groups is 2. The second-order valence-electron chi connectivity index (χ2n) is 3.91. The molecule has 0 fully saturated rings. The number of ketones is 2. The topological polar surface area (TPSA) is 34.1 Å². The number of carbonyl (C=O) groups excluding carboxylic acids is 2. The van der Waals surface area contributed by atoms with E-state index in [9.17, 15) is 9.59 Å². The van der Waals surface area contributed by atoms with Gasteiger partial charge in [0, 0.05) is 5.41 Å². The Morgan fingerprint density at radius 3 is 2.50 bits per heavy atom. The highest BCUT2D eigenvalue weighted by atomic mass is 16.1. The maximum atomic E-state index is 11.2. The summed E-state index contributed by atoms with van der Waals surface area (Å²) in [6.45, 7) is 1.59. The second-order valence-corrected chi connectivity index (χ2v) is 3.91. The molecule has 0 unspecified atom stereocenters. The summed E-state index contributed by atoms with van der Waals surface area (Å²) >= 11 is 0. The molecule has 72 valence electrons. The van der Waals surface area contributed by atoms with E-state index in [0.717, 1.165) is 18.4 Å². The van der Waals surface area contributed by atoms with Crippen molar-refractivity contribution in [3.63, 3.8) is 0 Å². The fourth-order valence-corrected chi connectivity index (χ4v) is 1.95. The molecule has 0 saturated heterocycles. The van der Waals surface area contributed by atoms with E-state index in [0.29, 0.717) is 0 Å². The van der Waals surface area contributed by atoms with Crippen LogP contribution in [0.1, 0.15) is 19.8 Å². The van der Waals surface area contributed by atoms with Crippen molar-refractivity contribution in [1.29, 1.82) is 0 Å². The van der Waals surface area contributed by atoms with Crippen LogP contribution in [0.25, 0.3) is 0 Å². The molecule has 0 heterocycles. The predicted octanol–water partition coefficient (Wildman–Crippen LogP) is 1.98.